The van der Waals surface area contributed by atoms with E-state index in [1.807, 2.05) is 13.0 Å². The molecule has 0 bridgehead atoms. The summed E-state index contributed by atoms with van der Waals surface area (Å²) in [6, 6.07) is 8.63. The number of rotatable bonds is 8. The van der Waals surface area contributed by atoms with Crippen LogP contribution in [0.1, 0.15) is 43.1 Å². The van der Waals surface area contributed by atoms with Crippen LogP contribution in [0.4, 0.5) is 22.9 Å². The second-order valence-electron chi connectivity index (χ2n) is 11.1. The van der Waals surface area contributed by atoms with Gasteiger partial charge in [-0.1, -0.05) is 0 Å². The Morgan fingerprint density at radius 2 is 1.93 bits per heavy atom. The first-order valence-corrected chi connectivity index (χ1v) is 15.5. The maximum atomic E-state index is 13.6. The Balaban J connectivity index is 1.30. The molecule has 2 aliphatic heterocycles. The first-order chi connectivity index (χ1) is 19.2. The summed E-state index contributed by atoms with van der Waals surface area (Å²) in [6.07, 6.45) is 6.30. The number of nitrogens with one attached hydrogen (secondary N) is 2. The summed E-state index contributed by atoms with van der Waals surface area (Å²) in [5, 5.41) is 12.9. The molecule has 1 saturated carbocycles. The van der Waals surface area contributed by atoms with Crippen LogP contribution >= 0.6 is 0 Å². The number of morpholine rings is 1. The fourth-order valence-electron chi connectivity index (χ4n) is 5.70. The van der Waals surface area contributed by atoms with E-state index >= 15 is 0 Å². The molecule has 3 aromatic rings. The van der Waals surface area contributed by atoms with E-state index in [-0.39, 0.29) is 23.5 Å². The normalized spacial score (nSPS) is 20.6. The molecule has 2 saturated heterocycles. The molecule has 6 rings (SSSR count). The van der Waals surface area contributed by atoms with Gasteiger partial charge in [0.05, 0.1) is 48.4 Å². The van der Waals surface area contributed by atoms with Crippen molar-refractivity contribution in [3.8, 4) is 0 Å². The smallest absolute Gasteiger partial charge is 0.274 e. The van der Waals surface area contributed by atoms with Crippen LogP contribution in [-0.2, 0) is 14.8 Å². The van der Waals surface area contributed by atoms with E-state index in [2.05, 4.69) is 19.8 Å². The lowest BCUT2D eigenvalue weighted by Crippen LogP contribution is -2.41. The summed E-state index contributed by atoms with van der Waals surface area (Å²) in [5.41, 5.74) is 3.06. The van der Waals surface area contributed by atoms with Crippen molar-refractivity contribution in [1.82, 2.24) is 4.98 Å². The number of carbonyl (C=O) groups excluding carboxylic acids is 1. The number of carbonyl (C=O) groups is 1. The first-order valence-electron chi connectivity index (χ1n) is 13.8. The van der Waals surface area contributed by atoms with Gasteiger partial charge >= 0.3 is 0 Å². The van der Waals surface area contributed by atoms with Gasteiger partial charge in [-0.2, -0.15) is 0 Å². The zero-order valence-corrected chi connectivity index (χ0v) is 23.4. The Morgan fingerprint density at radius 1 is 1.12 bits per heavy atom. The van der Waals surface area contributed by atoms with Gasteiger partial charge in [0.25, 0.3) is 5.91 Å². The number of anilines is 4. The molecule has 3 N–H and O–H groups in total. The zero-order chi connectivity index (χ0) is 27.9. The summed E-state index contributed by atoms with van der Waals surface area (Å²) in [7, 11) is -3.69. The summed E-state index contributed by atoms with van der Waals surface area (Å²) in [4.78, 5) is 22.6. The molecule has 4 heterocycles. The maximum absolute atomic E-state index is 13.6. The Kier molecular flexibility index (Phi) is 7.09. The van der Waals surface area contributed by atoms with Crippen LogP contribution in [0.2, 0.25) is 0 Å². The molecule has 3 aliphatic rings. The zero-order valence-electron chi connectivity index (χ0n) is 22.6. The highest BCUT2D eigenvalue weighted by Gasteiger charge is 2.44. The predicted molar refractivity (Wildman–Crippen MR) is 154 cm³/mol. The van der Waals surface area contributed by atoms with Crippen LogP contribution in [0, 0.1) is 5.41 Å². The molecule has 12 heteroatoms. The van der Waals surface area contributed by atoms with Gasteiger partial charge in [0.15, 0.2) is 11.4 Å². The van der Waals surface area contributed by atoms with E-state index in [9.17, 15) is 13.2 Å². The SMILES string of the molecule is C[C@@H]1CN(c2nc(C(=O)Nc3ccc(NS(=O)(=O)CCO)cc3N3CCC4(CC3)CC4)cc3ccoc23)CCO1. The molecule has 1 aliphatic carbocycles. The maximum Gasteiger partial charge on any atom is 0.274 e. The number of nitrogens with zero attached hydrogens (tertiary/aromatic N) is 3. The molecule has 0 radical (unpaired) electrons. The molecule has 1 spiro atoms. The summed E-state index contributed by atoms with van der Waals surface area (Å²) >= 11 is 0. The average molecular weight is 570 g/mol. The highest BCUT2D eigenvalue weighted by Crippen LogP contribution is 2.54. The Hall–Kier alpha value is -3.35. The molecular formula is C28H35N5O6S. The van der Waals surface area contributed by atoms with E-state index < -0.39 is 16.6 Å². The molecule has 40 heavy (non-hydrogen) atoms. The highest BCUT2D eigenvalue weighted by atomic mass is 32.2. The van der Waals surface area contributed by atoms with E-state index in [0.29, 0.717) is 47.9 Å². The fourth-order valence-corrected chi connectivity index (χ4v) is 6.53. The predicted octanol–water partition coefficient (Wildman–Crippen LogP) is 3.42. The minimum absolute atomic E-state index is 0.0354. The van der Waals surface area contributed by atoms with Gasteiger partial charge in [-0.05, 0) is 68.4 Å². The molecule has 1 atom stereocenters. The van der Waals surface area contributed by atoms with Crippen molar-refractivity contribution in [2.24, 2.45) is 5.41 Å². The number of piperidine rings is 1. The van der Waals surface area contributed by atoms with Crippen LogP contribution in [0.15, 0.2) is 41.0 Å². The van der Waals surface area contributed by atoms with Crippen molar-refractivity contribution in [1.29, 1.82) is 0 Å². The molecule has 214 valence electrons. The summed E-state index contributed by atoms with van der Waals surface area (Å²) < 4.78 is 38.6. The summed E-state index contributed by atoms with van der Waals surface area (Å²) in [5.74, 6) is -0.141. The first kappa shape index (κ1) is 26.9. The second kappa shape index (κ2) is 10.6. The molecule has 11 nitrogen and oxygen atoms in total. The van der Waals surface area contributed by atoms with E-state index in [1.54, 1.807) is 30.5 Å². The number of hydrogen-bond donors (Lipinski definition) is 3. The number of aliphatic hydroxyl groups is 1. The number of benzene rings is 1. The number of aliphatic hydroxyl groups excluding tert-OH is 1. The molecule has 3 fully saturated rings. The van der Waals surface area contributed by atoms with Gasteiger partial charge in [-0.25, -0.2) is 13.4 Å². The van der Waals surface area contributed by atoms with Gasteiger partial charge in [0.2, 0.25) is 10.0 Å². The number of furan rings is 1. The number of fused-ring (bicyclic) bond motifs is 1. The minimum Gasteiger partial charge on any atom is -0.460 e. The van der Waals surface area contributed by atoms with Crippen LogP contribution in [0.25, 0.3) is 11.0 Å². The lowest BCUT2D eigenvalue weighted by Gasteiger charge is -2.35. The quantitative estimate of drug-likeness (QED) is 0.373. The molecule has 0 unspecified atom stereocenters. The van der Waals surface area contributed by atoms with Crippen molar-refractivity contribution in [3.05, 3.63) is 42.3 Å². The largest absolute Gasteiger partial charge is 0.460 e. The monoisotopic (exact) mass is 569 g/mol. The third-order valence-corrected chi connectivity index (χ3v) is 9.46. The van der Waals surface area contributed by atoms with Crippen molar-refractivity contribution in [2.45, 2.75) is 38.7 Å². The van der Waals surface area contributed by atoms with E-state index in [0.717, 1.165) is 37.0 Å². The number of hydrogen-bond acceptors (Lipinski definition) is 9. The lowest BCUT2D eigenvalue weighted by atomic mass is 9.93. The van der Waals surface area contributed by atoms with Crippen LogP contribution in [-0.4, -0.2) is 75.7 Å². The number of pyridine rings is 1. The number of aromatic nitrogens is 1. The van der Waals surface area contributed by atoms with E-state index in [1.165, 1.54) is 12.8 Å². The molecule has 1 aromatic carbocycles. The molecule has 1 amide bonds. The molecular weight excluding hydrogens is 534 g/mol. The van der Waals surface area contributed by atoms with Gasteiger partial charge in [-0.15, -0.1) is 0 Å². The van der Waals surface area contributed by atoms with Crippen LogP contribution < -0.4 is 19.8 Å². The van der Waals surface area contributed by atoms with Crippen molar-refractivity contribution >= 4 is 49.8 Å². The van der Waals surface area contributed by atoms with Crippen LogP contribution in [0.5, 0.6) is 0 Å². The Morgan fingerprint density at radius 3 is 2.65 bits per heavy atom. The number of sulfonamides is 1. The topological polar surface area (TPSA) is 137 Å². The summed E-state index contributed by atoms with van der Waals surface area (Å²) in [6.45, 7) is 5.04. The van der Waals surface area contributed by atoms with Crippen LogP contribution in [0.3, 0.4) is 0 Å². The lowest BCUT2D eigenvalue weighted by molar-refractivity contribution is 0.0530. The van der Waals surface area contributed by atoms with Crippen molar-refractivity contribution in [3.63, 3.8) is 0 Å². The average Bonchev–Trinajstić information content (AvgIpc) is 3.50. The molecule has 2 aromatic heterocycles. The van der Waals surface area contributed by atoms with Crippen molar-refractivity contribution in [2.75, 3.05) is 65.0 Å². The Bertz CT molecular complexity index is 1510. The van der Waals surface area contributed by atoms with Gasteiger partial charge in [-0.3, -0.25) is 9.52 Å². The standard InChI is InChI=1S/C28H35N5O6S/c1-19-18-33(11-14-38-19)26-25-20(4-13-39-25)16-23(29-26)27(35)30-22-3-2-21(31-40(36,37)15-12-34)17-24(22)32-9-7-28(5-6-28)8-10-32/h2-4,13,16-17,19,31,34H,5-12,14-15,18H2,1H3,(H,30,35)/t19-/m1/s1. The van der Waals surface area contributed by atoms with E-state index in [4.69, 9.17) is 19.2 Å². The Labute approximate surface area is 233 Å². The highest BCUT2D eigenvalue weighted by molar-refractivity contribution is 7.92. The third-order valence-electron chi connectivity index (χ3n) is 8.19. The third kappa shape index (κ3) is 5.61. The fraction of sp³-hybridized carbons (Fsp3) is 0.500. The van der Waals surface area contributed by atoms with Gasteiger partial charge in [0, 0.05) is 31.6 Å². The minimum atomic E-state index is -3.69. The van der Waals surface area contributed by atoms with Crippen molar-refractivity contribution < 1.29 is 27.5 Å². The second-order valence-corrected chi connectivity index (χ2v) is 13.0. The number of amides is 1. The van der Waals surface area contributed by atoms with Gasteiger partial charge < -0.3 is 29.4 Å². The number of ether oxygens (including phenoxy) is 1. The van der Waals surface area contributed by atoms with Gasteiger partial charge in [0.1, 0.15) is 5.69 Å².